The molecule has 0 aliphatic carbocycles. The predicted octanol–water partition coefficient (Wildman–Crippen LogP) is 1.83. The second-order valence-corrected chi connectivity index (χ2v) is 8.11. The average molecular weight is 349 g/mol. The van der Waals surface area contributed by atoms with E-state index in [0.29, 0.717) is 18.0 Å². The minimum Gasteiger partial charge on any atom is -0.361 e. The number of aromatic nitrogens is 1. The highest BCUT2D eigenvalue weighted by Crippen LogP contribution is 2.31. The number of nitrogens with zero attached hydrogens (tertiary/aromatic N) is 3. The van der Waals surface area contributed by atoms with Crippen molar-refractivity contribution in [3.8, 4) is 0 Å². The summed E-state index contributed by atoms with van der Waals surface area (Å²) in [4.78, 5) is 14.5. The van der Waals surface area contributed by atoms with E-state index in [-0.39, 0.29) is 16.5 Å². The van der Waals surface area contributed by atoms with E-state index in [9.17, 15) is 13.2 Å². The minimum absolute atomic E-state index is 0.169. The molecule has 0 fully saturated rings. The molecule has 2 heterocycles. The normalized spacial score (nSPS) is 14.8. The molecule has 1 aromatic heterocycles. The number of fused-ring (bicyclic) bond motifs is 1. The van der Waals surface area contributed by atoms with E-state index >= 15 is 0 Å². The SMILES string of the molecule is Cc1cc(C(=O)N2CCCc3ccc(S(=O)(=O)N(C)C)cc32)no1. The Morgan fingerprint density at radius 1 is 1.29 bits per heavy atom. The van der Waals surface area contributed by atoms with Crippen molar-refractivity contribution in [2.75, 3.05) is 25.5 Å². The Morgan fingerprint density at radius 2 is 2.04 bits per heavy atom. The Bertz CT molecular complexity index is 886. The van der Waals surface area contributed by atoms with Gasteiger partial charge in [-0.1, -0.05) is 11.2 Å². The largest absolute Gasteiger partial charge is 0.361 e. The van der Waals surface area contributed by atoms with Gasteiger partial charge in [-0.3, -0.25) is 4.79 Å². The lowest BCUT2D eigenvalue weighted by atomic mass is 10.0. The number of hydrogen-bond donors (Lipinski definition) is 0. The fraction of sp³-hybridized carbons (Fsp3) is 0.375. The molecular weight excluding hydrogens is 330 g/mol. The van der Waals surface area contributed by atoms with Crippen LogP contribution < -0.4 is 4.90 Å². The standard InChI is InChI=1S/C16H19N3O4S/c1-11-9-14(17-23-11)16(20)19-8-4-5-12-6-7-13(10-15(12)19)24(21,22)18(2)3/h6-7,9-10H,4-5,8H2,1-3H3. The number of benzene rings is 1. The molecule has 0 atom stereocenters. The van der Waals surface area contributed by atoms with Crippen LogP contribution in [0.1, 0.15) is 28.2 Å². The maximum absolute atomic E-state index is 12.7. The van der Waals surface area contributed by atoms with Crippen LogP contribution in [0.5, 0.6) is 0 Å². The van der Waals surface area contributed by atoms with Gasteiger partial charge in [-0.25, -0.2) is 12.7 Å². The molecule has 7 nitrogen and oxygen atoms in total. The van der Waals surface area contributed by atoms with E-state index in [1.807, 2.05) is 0 Å². The fourth-order valence-corrected chi connectivity index (χ4v) is 3.66. The van der Waals surface area contributed by atoms with Crippen LogP contribution in [0, 0.1) is 6.92 Å². The molecule has 0 radical (unpaired) electrons. The summed E-state index contributed by atoms with van der Waals surface area (Å²) in [6.07, 6.45) is 1.62. The zero-order valence-electron chi connectivity index (χ0n) is 13.8. The molecule has 0 spiro atoms. The van der Waals surface area contributed by atoms with E-state index in [1.54, 1.807) is 36.1 Å². The van der Waals surface area contributed by atoms with Gasteiger partial charge in [-0.05, 0) is 37.5 Å². The first-order chi connectivity index (χ1) is 11.3. The second kappa shape index (κ2) is 6.03. The third-order valence-corrected chi connectivity index (χ3v) is 5.86. The molecular formula is C16H19N3O4S. The molecule has 1 aromatic carbocycles. The summed E-state index contributed by atoms with van der Waals surface area (Å²) in [5.41, 5.74) is 1.79. The van der Waals surface area contributed by atoms with Crippen LogP contribution in [0.4, 0.5) is 5.69 Å². The zero-order valence-corrected chi connectivity index (χ0v) is 14.6. The van der Waals surface area contributed by atoms with Gasteiger partial charge in [-0.15, -0.1) is 0 Å². The Kier molecular flexibility index (Phi) is 4.18. The molecule has 24 heavy (non-hydrogen) atoms. The number of rotatable bonds is 3. The van der Waals surface area contributed by atoms with Crippen LogP contribution in [0.15, 0.2) is 33.7 Å². The van der Waals surface area contributed by atoms with Crippen molar-refractivity contribution >= 4 is 21.6 Å². The summed E-state index contributed by atoms with van der Waals surface area (Å²) >= 11 is 0. The summed E-state index contributed by atoms with van der Waals surface area (Å²) < 4.78 is 30.9. The average Bonchev–Trinajstić information content (AvgIpc) is 2.99. The van der Waals surface area contributed by atoms with E-state index in [0.717, 1.165) is 22.7 Å². The highest BCUT2D eigenvalue weighted by Gasteiger charge is 2.28. The number of anilines is 1. The number of sulfonamides is 1. The molecule has 0 saturated carbocycles. The van der Waals surface area contributed by atoms with Crippen LogP contribution in [-0.2, 0) is 16.4 Å². The minimum atomic E-state index is -3.56. The molecule has 0 saturated heterocycles. The lowest BCUT2D eigenvalue weighted by Crippen LogP contribution is -2.36. The first-order valence-electron chi connectivity index (χ1n) is 7.61. The molecule has 3 rings (SSSR count). The van der Waals surface area contributed by atoms with Crippen molar-refractivity contribution in [2.45, 2.75) is 24.7 Å². The van der Waals surface area contributed by atoms with Crippen LogP contribution in [0.3, 0.4) is 0 Å². The lowest BCUT2D eigenvalue weighted by molar-refractivity contribution is 0.0976. The predicted molar refractivity (Wildman–Crippen MR) is 88.6 cm³/mol. The molecule has 2 aromatic rings. The highest BCUT2D eigenvalue weighted by atomic mass is 32.2. The topological polar surface area (TPSA) is 83.7 Å². The van der Waals surface area contributed by atoms with Crippen LogP contribution in [0.2, 0.25) is 0 Å². The quantitative estimate of drug-likeness (QED) is 0.844. The molecule has 0 unspecified atom stereocenters. The number of amides is 1. The van der Waals surface area contributed by atoms with Gasteiger partial charge in [0.15, 0.2) is 5.69 Å². The van der Waals surface area contributed by atoms with Gasteiger partial charge >= 0.3 is 0 Å². The Balaban J connectivity index is 2.04. The molecule has 8 heteroatoms. The van der Waals surface area contributed by atoms with E-state index in [1.165, 1.54) is 14.1 Å². The first-order valence-corrected chi connectivity index (χ1v) is 9.05. The second-order valence-electron chi connectivity index (χ2n) is 5.96. The first kappa shape index (κ1) is 16.7. The van der Waals surface area contributed by atoms with Gasteiger partial charge in [0.2, 0.25) is 10.0 Å². The summed E-state index contributed by atoms with van der Waals surface area (Å²) in [5.74, 6) is 0.270. The van der Waals surface area contributed by atoms with Gasteiger partial charge in [0, 0.05) is 32.4 Å². The number of aryl methyl sites for hydroxylation is 2. The molecule has 1 aliphatic heterocycles. The van der Waals surface area contributed by atoms with Crippen LogP contribution in [0.25, 0.3) is 0 Å². The van der Waals surface area contributed by atoms with Gasteiger partial charge in [0.25, 0.3) is 5.91 Å². The summed E-state index contributed by atoms with van der Waals surface area (Å²) in [7, 11) is -0.595. The summed E-state index contributed by atoms with van der Waals surface area (Å²) in [6, 6.07) is 6.51. The maximum atomic E-state index is 12.7. The van der Waals surface area contributed by atoms with Crippen molar-refractivity contribution in [1.29, 1.82) is 0 Å². The lowest BCUT2D eigenvalue weighted by Gasteiger charge is -2.29. The van der Waals surface area contributed by atoms with Crippen molar-refractivity contribution < 1.29 is 17.7 Å². The smallest absolute Gasteiger partial charge is 0.280 e. The van der Waals surface area contributed by atoms with Crippen molar-refractivity contribution in [1.82, 2.24) is 9.46 Å². The molecule has 0 N–H and O–H groups in total. The number of carbonyl (C=O) groups excluding carboxylic acids is 1. The number of carbonyl (C=O) groups is 1. The van der Waals surface area contributed by atoms with E-state index in [2.05, 4.69) is 5.16 Å². The number of hydrogen-bond acceptors (Lipinski definition) is 5. The fourth-order valence-electron chi connectivity index (χ4n) is 2.74. The molecule has 1 aliphatic rings. The molecule has 1 amide bonds. The van der Waals surface area contributed by atoms with Gasteiger partial charge in [0.05, 0.1) is 4.90 Å². The maximum Gasteiger partial charge on any atom is 0.280 e. The third-order valence-electron chi connectivity index (χ3n) is 4.05. The molecule has 128 valence electrons. The van der Waals surface area contributed by atoms with E-state index < -0.39 is 10.0 Å². The Labute approximate surface area is 140 Å². The van der Waals surface area contributed by atoms with Crippen molar-refractivity contribution in [2.24, 2.45) is 0 Å². The summed E-state index contributed by atoms with van der Waals surface area (Å²) in [6.45, 7) is 2.24. The summed E-state index contributed by atoms with van der Waals surface area (Å²) in [5, 5.41) is 3.77. The van der Waals surface area contributed by atoms with Crippen molar-refractivity contribution in [3.05, 3.63) is 41.3 Å². The van der Waals surface area contributed by atoms with Crippen LogP contribution in [-0.4, -0.2) is 44.4 Å². The Morgan fingerprint density at radius 3 is 2.67 bits per heavy atom. The van der Waals surface area contributed by atoms with Gasteiger partial charge < -0.3 is 9.42 Å². The zero-order chi connectivity index (χ0) is 17.5. The Hall–Kier alpha value is -2.19. The monoisotopic (exact) mass is 349 g/mol. The van der Waals surface area contributed by atoms with E-state index in [4.69, 9.17) is 4.52 Å². The van der Waals surface area contributed by atoms with Crippen LogP contribution >= 0.6 is 0 Å². The van der Waals surface area contributed by atoms with Crippen molar-refractivity contribution in [3.63, 3.8) is 0 Å². The molecule has 0 bridgehead atoms. The van der Waals surface area contributed by atoms with Gasteiger partial charge in [-0.2, -0.15) is 0 Å². The third kappa shape index (κ3) is 2.83. The highest BCUT2D eigenvalue weighted by molar-refractivity contribution is 7.89. The van der Waals surface area contributed by atoms with Gasteiger partial charge in [0.1, 0.15) is 5.76 Å².